The molecule has 1 aliphatic heterocycles. The van der Waals surface area contributed by atoms with Crippen molar-refractivity contribution in [2.24, 2.45) is 0 Å². The SMILES string of the molecule is O=C1CCC(C(=O)NCCCCCc2c[nH]c3ccccc23)N1. The molecule has 1 unspecified atom stereocenters. The molecule has 3 N–H and O–H groups in total. The van der Waals surface area contributed by atoms with Gasteiger partial charge in [-0.1, -0.05) is 24.6 Å². The Balaban J connectivity index is 1.33. The van der Waals surface area contributed by atoms with Crippen molar-refractivity contribution in [2.75, 3.05) is 6.54 Å². The van der Waals surface area contributed by atoms with Crippen LogP contribution in [0.1, 0.15) is 37.7 Å². The second kappa shape index (κ2) is 7.31. The molecule has 1 aliphatic rings. The largest absolute Gasteiger partial charge is 0.361 e. The number of unbranched alkanes of at least 4 members (excludes halogenated alkanes) is 2. The highest BCUT2D eigenvalue weighted by atomic mass is 16.2. The van der Waals surface area contributed by atoms with Crippen molar-refractivity contribution in [2.45, 2.75) is 44.6 Å². The lowest BCUT2D eigenvalue weighted by Crippen LogP contribution is -2.41. The Morgan fingerprint density at radius 3 is 2.91 bits per heavy atom. The van der Waals surface area contributed by atoms with E-state index in [2.05, 4.69) is 40.0 Å². The molecule has 5 nitrogen and oxygen atoms in total. The summed E-state index contributed by atoms with van der Waals surface area (Å²) in [7, 11) is 0. The molecule has 1 aromatic heterocycles. The van der Waals surface area contributed by atoms with Crippen molar-refractivity contribution < 1.29 is 9.59 Å². The second-order valence-electron chi connectivity index (χ2n) is 6.12. The first-order valence-electron chi connectivity index (χ1n) is 8.36. The molecule has 0 saturated carbocycles. The number of para-hydroxylation sites is 1. The number of amides is 2. The molecule has 1 atom stereocenters. The fourth-order valence-electron chi connectivity index (χ4n) is 3.10. The van der Waals surface area contributed by atoms with E-state index in [1.165, 1.54) is 16.5 Å². The monoisotopic (exact) mass is 313 g/mol. The van der Waals surface area contributed by atoms with Crippen molar-refractivity contribution in [3.05, 3.63) is 36.0 Å². The van der Waals surface area contributed by atoms with Crippen LogP contribution in [0.15, 0.2) is 30.5 Å². The predicted molar refractivity (Wildman–Crippen MR) is 90.0 cm³/mol. The molecule has 1 saturated heterocycles. The van der Waals surface area contributed by atoms with Gasteiger partial charge < -0.3 is 15.6 Å². The minimum absolute atomic E-state index is 0.0242. The van der Waals surface area contributed by atoms with Gasteiger partial charge >= 0.3 is 0 Å². The third kappa shape index (κ3) is 3.92. The minimum atomic E-state index is -0.325. The molecular weight excluding hydrogens is 290 g/mol. The van der Waals surface area contributed by atoms with Crippen molar-refractivity contribution in [3.63, 3.8) is 0 Å². The van der Waals surface area contributed by atoms with Gasteiger partial charge in [-0.05, 0) is 37.3 Å². The first kappa shape index (κ1) is 15.6. The zero-order valence-electron chi connectivity index (χ0n) is 13.2. The first-order valence-corrected chi connectivity index (χ1v) is 8.36. The molecule has 122 valence electrons. The average Bonchev–Trinajstić information content (AvgIpc) is 3.17. The lowest BCUT2D eigenvalue weighted by molar-refractivity contribution is -0.125. The molecule has 0 spiro atoms. The number of aromatic nitrogens is 1. The van der Waals surface area contributed by atoms with E-state index in [0.29, 0.717) is 19.4 Å². The standard InChI is InChI=1S/C18H23N3O2/c22-17-10-9-16(21-17)18(23)19-11-5-1-2-6-13-12-20-15-8-4-3-7-14(13)15/h3-4,7-8,12,16,20H,1-2,5-6,9-11H2,(H,19,23)(H,21,22). The predicted octanol–water partition coefficient (Wildman–Crippen LogP) is 2.28. The minimum Gasteiger partial charge on any atom is -0.361 e. The van der Waals surface area contributed by atoms with Crippen molar-refractivity contribution in [1.29, 1.82) is 0 Å². The number of benzene rings is 1. The molecule has 1 fully saturated rings. The normalized spacial score (nSPS) is 17.4. The van der Waals surface area contributed by atoms with Crippen LogP contribution in [-0.4, -0.2) is 29.4 Å². The third-order valence-electron chi connectivity index (χ3n) is 4.41. The van der Waals surface area contributed by atoms with Gasteiger partial charge in [0.15, 0.2) is 0 Å². The fourth-order valence-corrected chi connectivity index (χ4v) is 3.10. The summed E-state index contributed by atoms with van der Waals surface area (Å²) in [6.45, 7) is 0.680. The van der Waals surface area contributed by atoms with Gasteiger partial charge in [-0.25, -0.2) is 0 Å². The summed E-state index contributed by atoms with van der Waals surface area (Å²) in [4.78, 5) is 26.2. The number of nitrogens with one attached hydrogen (secondary N) is 3. The van der Waals surface area contributed by atoms with E-state index in [4.69, 9.17) is 0 Å². The maximum atomic E-state index is 11.8. The average molecular weight is 313 g/mol. The van der Waals surface area contributed by atoms with Gasteiger partial charge in [-0.3, -0.25) is 9.59 Å². The van der Waals surface area contributed by atoms with Gasteiger partial charge in [-0.15, -0.1) is 0 Å². The van der Waals surface area contributed by atoms with Gasteiger partial charge in [-0.2, -0.15) is 0 Å². The summed E-state index contributed by atoms with van der Waals surface area (Å²) in [6.07, 6.45) is 7.38. The highest BCUT2D eigenvalue weighted by Crippen LogP contribution is 2.19. The maximum Gasteiger partial charge on any atom is 0.242 e. The number of H-pyrrole nitrogens is 1. The second-order valence-corrected chi connectivity index (χ2v) is 6.12. The molecule has 2 amide bonds. The Morgan fingerprint density at radius 2 is 2.09 bits per heavy atom. The smallest absolute Gasteiger partial charge is 0.242 e. The zero-order chi connectivity index (χ0) is 16.1. The summed E-state index contributed by atoms with van der Waals surface area (Å²) >= 11 is 0. The van der Waals surface area contributed by atoms with Crippen molar-refractivity contribution in [3.8, 4) is 0 Å². The quantitative estimate of drug-likeness (QED) is 0.686. The summed E-state index contributed by atoms with van der Waals surface area (Å²) in [6, 6.07) is 8.02. The Bertz CT molecular complexity index is 692. The summed E-state index contributed by atoms with van der Waals surface area (Å²) in [5.74, 6) is -0.0728. The van der Waals surface area contributed by atoms with E-state index < -0.39 is 0 Å². The summed E-state index contributed by atoms with van der Waals surface area (Å²) in [5.41, 5.74) is 2.55. The lowest BCUT2D eigenvalue weighted by atomic mass is 10.1. The fraction of sp³-hybridized carbons (Fsp3) is 0.444. The van der Waals surface area contributed by atoms with E-state index in [1.807, 2.05) is 6.07 Å². The van der Waals surface area contributed by atoms with E-state index in [1.54, 1.807) is 0 Å². The number of aryl methyl sites for hydroxylation is 1. The van der Waals surface area contributed by atoms with Crippen LogP contribution in [0.2, 0.25) is 0 Å². The van der Waals surface area contributed by atoms with Crippen molar-refractivity contribution >= 4 is 22.7 Å². The molecule has 23 heavy (non-hydrogen) atoms. The van der Waals surface area contributed by atoms with Gasteiger partial charge in [0.25, 0.3) is 0 Å². The van der Waals surface area contributed by atoms with Gasteiger partial charge in [0.1, 0.15) is 6.04 Å². The van der Waals surface area contributed by atoms with Gasteiger partial charge in [0, 0.05) is 30.1 Å². The highest BCUT2D eigenvalue weighted by molar-refractivity contribution is 5.90. The van der Waals surface area contributed by atoms with Gasteiger partial charge in [0.05, 0.1) is 0 Å². The topological polar surface area (TPSA) is 74.0 Å². The molecule has 5 heteroatoms. The zero-order valence-corrected chi connectivity index (χ0v) is 13.2. The van der Waals surface area contributed by atoms with Crippen LogP contribution in [0.4, 0.5) is 0 Å². The molecule has 0 radical (unpaired) electrons. The molecule has 1 aromatic carbocycles. The number of carbonyl (C=O) groups excluding carboxylic acids is 2. The van der Waals surface area contributed by atoms with Crippen LogP contribution in [0, 0.1) is 0 Å². The molecule has 0 bridgehead atoms. The maximum absolute atomic E-state index is 11.8. The number of hydrogen-bond donors (Lipinski definition) is 3. The van der Waals surface area contributed by atoms with Crippen molar-refractivity contribution in [1.82, 2.24) is 15.6 Å². The number of fused-ring (bicyclic) bond motifs is 1. The summed E-state index contributed by atoms with van der Waals surface area (Å²) in [5, 5.41) is 6.90. The lowest BCUT2D eigenvalue weighted by Gasteiger charge is -2.10. The Hall–Kier alpha value is -2.30. The third-order valence-corrected chi connectivity index (χ3v) is 4.41. The number of hydrogen-bond acceptors (Lipinski definition) is 2. The van der Waals surface area contributed by atoms with E-state index in [9.17, 15) is 9.59 Å². The van der Waals surface area contributed by atoms with Crippen LogP contribution < -0.4 is 10.6 Å². The van der Waals surface area contributed by atoms with Gasteiger partial charge in [0.2, 0.25) is 11.8 Å². The number of carbonyl (C=O) groups is 2. The molecule has 2 heterocycles. The van der Waals surface area contributed by atoms with Crippen LogP contribution in [0.3, 0.4) is 0 Å². The van der Waals surface area contributed by atoms with E-state index >= 15 is 0 Å². The van der Waals surface area contributed by atoms with E-state index in [-0.39, 0.29) is 17.9 Å². The molecule has 3 rings (SSSR count). The van der Waals surface area contributed by atoms with Crippen LogP contribution in [0.25, 0.3) is 10.9 Å². The number of rotatable bonds is 7. The van der Waals surface area contributed by atoms with Crippen LogP contribution in [-0.2, 0) is 16.0 Å². The van der Waals surface area contributed by atoms with Crippen LogP contribution in [0.5, 0.6) is 0 Å². The molecule has 2 aromatic rings. The Kier molecular flexibility index (Phi) is 4.95. The first-order chi connectivity index (χ1) is 11.2. The highest BCUT2D eigenvalue weighted by Gasteiger charge is 2.26. The molecular formula is C18H23N3O2. The Labute approximate surface area is 135 Å². The summed E-state index contributed by atoms with van der Waals surface area (Å²) < 4.78 is 0. The van der Waals surface area contributed by atoms with Crippen LogP contribution >= 0.6 is 0 Å². The van der Waals surface area contributed by atoms with E-state index in [0.717, 1.165) is 25.7 Å². The number of aromatic amines is 1. The molecule has 0 aliphatic carbocycles. The Morgan fingerprint density at radius 1 is 1.22 bits per heavy atom.